The molecule has 154 valence electrons. The number of amides is 1. The van der Waals surface area contributed by atoms with Gasteiger partial charge < -0.3 is 9.47 Å². The predicted octanol–water partition coefficient (Wildman–Crippen LogP) is 5.84. The molecule has 0 fully saturated rings. The molecule has 0 spiro atoms. The fraction of sp³-hybridized carbons (Fsp3) is 0.409. The van der Waals surface area contributed by atoms with Crippen LogP contribution in [0.3, 0.4) is 0 Å². The number of fused-ring (bicyclic) bond motifs is 1. The summed E-state index contributed by atoms with van der Waals surface area (Å²) in [5.41, 5.74) is 2.15. The third-order valence-corrected chi connectivity index (χ3v) is 5.34. The van der Waals surface area contributed by atoms with Crippen LogP contribution in [-0.2, 0) is 13.1 Å². The van der Waals surface area contributed by atoms with Gasteiger partial charge in [0.1, 0.15) is 11.3 Å². The Hall–Kier alpha value is -2.11. The highest BCUT2D eigenvalue weighted by Gasteiger charge is 2.22. The molecule has 5 nitrogen and oxygen atoms in total. The molecular weight excluding hydrogens is 407 g/mol. The zero-order valence-corrected chi connectivity index (χ0v) is 18.5. The van der Waals surface area contributed by atoms with Crippen molar-refractivity contribution in [3.63, 3.8) is 0 Å². The summed E-state index contributed by atoms with van der Waals surface area (Å²) >= 11 is 12.3. The van der Waals surface area contributed by atoms with Crippen LogP contribution in [0.2, 0.25) is 10.0 Å². The SMILES string of the molecule is CCCn1c(CN(CCC(C)C)C(=O)c2ccc(Cl)cc2Cl)nc2cccnc21. The van der Waals surface area contributed by atoms with Crippen molar-refractivity contribution in [2.24, 2.45) is 5.92 Å². The molecule has 29 heavy (non-hydrogen) atoms. The van der Waals surface area contributed by atoms with Crippen molar-refractivity contribution in [3.8, 4) is 0 Å². The molecule has 0 saturated heterocycles. The minimum Gasteiger partial charge on any atom is -0.331 e. The Balaban J connectivity index is 1.96. The van der Waals surface area contributed by atoms with Crippen LogP contribution in [0, 0.1) is 5.92 Å². The second-order valence-electron chi connectivity index (χ2n) is 7.56. The van der Waals surface area contributed by atoms with Gasteiger partial charge in [0.25, 0.3) is 5.91 Å². The van der Waals surface area contributed by atoms with E-state index < -0.39 is 0 Å². The van der Waals surface area contributed by atoms with Gasteiger partial charge >= 0.3 is 0 Å². The molecule has 0 bridgehead atoms. The number of aryl methyl sites for hydroxylation is 1. The molecular formula is C22H26Cl2N4O. The van der Waals surface area contributed by atoms with Crippen LogP contribution < -0.4 is 0 Å². The first kappa shape index (κ1) is 21.6. The largest absolute Gasteiger partial charge is 0.331 e. The molecule has 0 N–H and O–H groups in total. The predicted molar refractivity (Wildman–Crippen MR) is 118 cm³/mol. The van der Waals surface area contributed by atoms with Crippen LogP contribution in [0.15, 0.2) is 36.5 Å². The summed E-state index contributed by atoms with van der Waals surface area (Å²) in [4.78, 5) is 24.4. The molecule has 0 unspecified atom stereocenters. The monoisotopic (exact) mass is 432 g/mol. The summed E-state index contributed by atoms with van der Waals surface area (Å²) in [6, 6.07) is 8.82. The minimum absolute atomic E-state index is 0.115. The second-order valence-corrected chi connectivity index (χ2v) is 8.40. The van der Waals surface area contributed by atoms with Gasteiger partial charge in [0, 0.05) is 24.3 Å². The van der Waals surface area contributed by atoms with Gasteiger partial charge in [-0.25, -0.2) is 9.97 Å². The quantitative estimate of drug-likeness (QED) is 0.449. The van der Waals surface area contributed by atoms with E-state index in [0.29, 0.717) is 34.6 Å². The van der Waals surface area contributed by atoms with Crippen LogP contribution in [0.1, 0.15) is 49.8 Å². The van der Waals surface area contributed by atoms with E-state index in [-0.39, 0.29) is 5.91 Å². The summed E-state index contributed by atoms with van der Waals surface area (Å²) in [5.74, 6) is 1.19. The molecule has 0 aliphatic carbocycles. The van der Waals surface area contributed by atoms with Crippen molar-refractivity contribution in [2.45, 2.75) is 46.7 Å². The molecule has 3 rings (SSSR count). The van der Waals surface area contributed by atoms with Crippen LogP contribution in [0.4, 0.5) is 0 Å². The smallest absolute Gasteiger partial charge is 0.255 e. The maximum absolute atomic E-state index is 13.3. The zero-order valence-electron chi connectivity index (χ0n) is 17.0. The average Bonchev–Trinajstić information content (AvgIpc) is 3.02. The summed E-state index contributed by atoms with van der Waals surface area (Å²) < 4.78 is 2.11. The highest BCUT2D eigenvalue weighted by Crippen LogP contribution is 2.24. The molecule has 0 saturated carbocycles. The molecule has 0 aliphatic heterocycles. The van der Waals surface area contributed by atoms with Crippen LogP contribution in [0.5, 0.6) is 0 Å². The number of hydrogen-bond donors (Lipinski definition) is 0. The van der Waals surface area contributed by atoms with Gasteiger partial charge in [-0.1, -0.05) is 44.0 Å². The molecule has 0 atom stereocenters. The first-order chi connectivity index (χ1) is 13.9. The Morgan fingerprint density at radius 1 is 1.24 bits per heavy atom. The molecule has 1 aromatic carbocycles. The zero-order chi connectivity index (χ0) is 21.0. The van der Waals surface area contributed by atoms with Crippen LogP contribution in [-0.4, -0.2) is 31.9 Å². The fourth-order valence-corrected chi connectivity index (χ4v) is 3.74. The second kappa shape index (κ2) is 9.59. The van der Waals surface area contributed by atoms with Crippen LogP contribution in [0.25, 0.3) is 11.2 Å². The normalized spacial score (nSPS) is 11.4. The van der Waals surface area contributed by atoms with E-state index in [0.717, 1.165) is 36.4 Å². The lowest BCUT2D eigenvalue weighted by Crippen LogP contribution is -2.33. The van der Waals surface area contributed by atoms with Crippen molar-refractivity contribution in [2.75, 3.05) is 6.54 Å². The molecule has 2 aromatic heterocycles. The van der Waals surface area contributed by atoms with Gasteiger partial charge in [0.05, 0.1) is 17.1 Å². The van der Waals surface area contributed by atoms with Gasteiger partial charge in [0.15, 0.2) is 5.65 Å². The van der Waals surface area contributed by atoms with Crippen LogP contribution >= 0.6 is 23.2 Å². The fourth-order valence-electron chi connectivity index (χ4n) is 3.26. The van der Waals surface area contributed by atoms with Crippen molar-refractivity contribution in [1.29, 1.82) is 0 Å². The molecule has 0 radical (unpaired) electrons. The Morgan fingerprint density at radius 3 is 2.72 bits per heavy atom. The lowest BCUT2D eigenvalue weighted by Gasteiger charge is -2.24. The number of carbonyl (C=O) groups is 1. The van der Waals surface area contributed by atoms with E-state index >= 15 is 0 Å². The third-order valence-electron chi connectivity index (χ3n) is 4.79. The number of aromatic nitrogens is 3. The van der Waals surface area contributed by atoms with Gasteiger partial charge in [-0.05, 0) is 49.1 Å². The summed E-state index contributed by atoms with van der Waals surface area (Å²) in [6.45, 7) is 8.24. The maximum atomic E-state index is 13.3. The summed E-state index contributed by atoms with van der Waals surface area (Å²) in [6.07, 6.45) is 3.62. The van der Waals surface area contributed by atoms with Crippen molar-refractivity contribution in [1.82, 2.24) is 19.4 Å². The third kappa shape index (κ3) is 5.09. The van der Waals surface area contributed by atoms with Gasteiger partial charge in [-0.3, -0.25) is 4.79 Å². The highest BCUT2D eigenvalue weighted by molar-refractivity contribution is 6.36. The summed E-state index contributed by atoms with van der Waals surface area (Å²) in [7, 11) is 0. The maximum Gasteiger partial charge on any atom is 0.255 e. The minimum atomic E-state index is -0.115. The molecule has 7 heteroatoms. The van der Waals surface area contributed by atoms with E-state index in [2.05, 4.69) is 30.3 Å². The van der Waals surface area contributed by atoms with Crippen molar-refractivity contribution in [3.05, 3.63) is 58.0 Å². The Morgan fingerprint density at radius 2 is 2.03 bits per heavy atom. The van der Waals surface area contributed by atoms with E-state index in [1.54, 1.807) is 24.4 Å². The number of imidazole rings is 1. The first-order valence-electron chi connectivity index (χ1n) is 9.95. The first-order valence-corrected chi connectivity index (χ1v) is 10.7. The highest BCUT2D eigenvalue weighted by atomic mass is 35.5. The Bertz CT molecular complexity index is 1000. The molecule has 0 aliphatic rings. The number of halogens is 2. The lowest BCUT2D eigenvalue weighted by atomic mass is 10.1. The van der Waals surface area contributed by atoms with E-state index in [1.165, 1.54) is 0 Å². The Labute approximate surface area is 181 Å². The number of benzene rings is 1. The van der Waals surface area contributed by atoms with Crippen molar-refractivity contribution >= 4 is 40.3 Å². The summed E-state index contributed by atoms with van der Waals surface area (Å²) in [5, 5.41) is 0.872. The van der Waals surface area contributed by atoms with Gasteiger partial charge in [0.2, 0.25) is 0 Å². The van der Waals surface area contributed by atoms with E-state index in [4.69, 9.17) is 28.2 Å². The van der Waals surface area contributed by atoms with Crippen molar-refractivity contribution < 1.29 is 4.79 Å². The number of carbonyl (C=O) groups excluding carboxylic acids is 1. The number of hydrogen-bond acceptors (Lipinski definition) is 3. The topological polar surface area (TPSA) is 51.0 Å². The molecule has 1 amide bonds. The average molecular weight is 433 g/mol. The number of nitrogens with zero attached hydrogens (tertiary/aromatic N) is 4. The number of pyridine rings is 1. The van der Waals surface area contributed by atoms with Gasteiger partial charge in [-0.15, -0.1) is 0 Å². The standard InChI is InChI=1S/C22H26Cl2N4O/c1-4-11-28-20(26-19-6-5-10-25-21(19)28)14-27(12-9-15(2)3)22(29)17-8-7-16(23)13-18(17)24/h5-8,10,13,15H,4,9,11-12,14H2,1-3H3. The lowest BCUT2D eigenvalue weighted by molar-refractivity contribution is 0.0729. The van der Waals surface area contributed by atoms with Gasteiger partial charge in [-0.2, -0.15) is 0 Å². The molecule has 2 heterocycles. The molecule has 3 aromatic rings. The Kier molecular flexibility index (Phi) is 7.14. The number of rotatable bonds is 8. The van der Waals surface area contributed by atoms with E-state index in [9.17, 15) is 4.79 Å². The van der Waals surface area contributed by atoms with E-state index in [1.807, 2.05) is 17.0 Å².